The minimum Gasteiger partial charge on any atom is -0.375 e. The summed E-state index contributed by atoms with van der Waals surface area (Å²) in [7, 11) is 0. The Hall–Kier alpha value is -0.280. The molecular formula is C12H17Cl2NO. The largest absolute Gasteiger partial charge is 0.375 e. The van der Waals surface area contributed by atoms with Gasteiger partial charge in [0.05, 0.1) is 23.3 Å². The van der Waals surface area contributed by atoms with Gasteiger partial charge in [-0.05, 0) is 23.6 Å². The van der Waals surface area contributed by atoms with E-state index < -0.39 is 0 Å². The molecule has 0 unspecified atom stereocenters. The summed E-state index contributed by atoms with van der Waals surface area (Å²) in [5, 5.41) is 1.11. The van der Waals surface area contributed by atoms with Crippen LogP contribution in [0.2, 0.25) is 10.0 Å². The van der Waals surface area contributed by atoms with Gasteiger partial charge in [-0.3, -0.25) is 0 Å². The topological polar surface area (TPSA) is 35.2 Å². The summed E-state index contributed by atoms with van der Waals surface area (Å²) in [6.07, 6.45) is 0. The maximum Gasteiger partial charge on any atom is 0.0718 e. The van der Waals surface area contributed by atoms with Gasteiger partial charge in [0.2, 0.25) is 0 Å². The summed E-state index contributed by atoms with van der Waals surface area (Å²) in [6.45, 7) is 5.22. The predicted octanol–water partition coefficient (Wildman–Crippen LogP) is 3.49. The summed E-state index contributed by atoms with van der Waals surface area (Å²) in [6, 6.07) is 5.55. The van der Waals surface area contributed by atoms with Gasteiger partial charge in [-0.25, -0.2) is 0 Å². The first-order valence-electron chi connectivity index (χ1n) is 5.28. The molecule has 0 aliphatic carbocycles. The first-order valence-corrected chi connectivity index (χ1v) is 6.03. The van der Waals surface area contributed by atoms with Gasteiger partial charge >= 0.3 is 0 Å². The smallest absolute Gasteiger partial charge is 0.0718 e. The van der Waals surface area contributed by atoms with Gasteiger partial charge < -0.3 is 10.5 Å². The zero-order valence-corrected chi connectivity index (χ0v) is 11.1. The van der Waals surface area contributed by atoms with Gasteiger partial charge in [-0.2, -0.15) is 0 Å². The van der Waals surface area contributed by atoms with Crippen LogP contribution in [0.25, 0.3) is 0 Å². The number of nitrogens with two attached hydrogens (primary N) is 1. The maximum atomic E-state index is 5.89. The van der Waals surface area contributed by atoms with Gasteiger partial charge in [0, 0.05) is 6.04 Å². The summed E-state index contributed by atoms with van der Waals surface area (Å²) >= 11 is 11.7. The van der Waals surface area contributed by atoms with E-state index >= 15 is 0 Å². The molecule has 0 aromatic heterocycles. The molecule has 2 N–H and O–H groups in total. The average Bonchev–Trinajstić information content (AvgIpc) is 2.23. The molecule has 1 atom stereocenters. The SMILES string of the molecule is CC(C)[C@H](N)COCc1ccc(Cl)c(Cl)c1. The molecule has 0 saturated carbocycles. The van der Waals surface area contributed by atoms with Gasteiger partial charge in [0.1, 0.15) is 0 Å². The zero-order valence-electron chi connectivity index (χ0n) is 9.54. The third-order valence-corrected chi connectivity index (χ3v) is 3.16. The van der Waals surface area contributed by atoms with Crippen molar-refractivity contribution >= 4 is 23.2 Å². The standard InChI is InChI=1S/C12H17Cl2NO/c1-8(2)12(15)7-16-6-9-3-4-10(13)11(14)5-9/h3-5,8,12H,6-7,15H2,1-2H3/t12-/m1/s1. The minimum absolute atomic E-state index is 0.0720. The number of halogens is 2. The van der Waals surface area contributed by atoms with Gasteiger partial charge in [-0.1, -0.05) is 43.1 Å². The van der Waals surface area contributed by atoms with Crippen LogP contribution in [-0.4, -0.2) is 12.6 Å². The summed E-state index contributed by atoms with van der Waals surface area (Å²) in [5.41, 5.74) is 6.87. The molecule has 4 heteroatoms. The van der Waals surface area contributed by atoms with Gasteiger partial charge in [0.25, 0.3) is 0 Å². The second-order valence-electron chi connectivity index (χ2n) is 4.17. The molecule has 0 amide bonds. The second-order valence-corrected chi connectivity index (χ2v) is 4.99. The Labute approximate surface area is 107 Å². The van der Waals surface area contributed by atoms with Crippen molar-refractivity contribution in [3.8, 4) is 0 Å². The van der Waals surface area contributed by atoms with Crippen molar-refractivity contribution in [3.05, 3.63) is 33.8 Å². The Balaban J connectivity index is 2.40. The molecule has 0 fully saturated rings. The third kappa shape index (κ3) is 4.30. The molecule has 0 bridgehead atoms. The average molecular weight is 262 g/mol. The first-order chi connectivity index (χ1) is 7.50. The third-order valence-electron chi connectivity index (χ3n) is 2.42. The van der Waals surface area contributed by atoms with Crippen LogP contribution in [0.1, 0.15) is 19.4 Å². The number of rotatable bonds is 5. The molecule has 1 aromatic carbocycles. The van der Waals surface area contributed by atoms with Crippen LogP contribution in [0.4, 0.5) is 0 Å². The zero-order chi connectivity index (χ0) is 12.1. The number of hydrogen-bond donors (Lipinski definition) is 1. The van der Waals surface area contributed by atoms with E-state index in [9.17, 15) is 0 Å². The lowest BCUT2D eigenvalue weighted by Gasteiger charge is -2.15. The highest BCUT2D eigenvalue weighted by molar-refractivity contribution is 6.41. The highest BCUT2D eigenvalue weighted by Gasteiger charge is 2.07. The first kappa shape index (κ1) is 13.8. The lowest BCUT2D eigenvalue weighted by molar-refractivity contribution is 0.0973. The number of hydrogen-bond acceptors (Lipinski definition) is 2. The normalized spacial score (nSPS) is 13.1. The fraction of sp³-hybridized carbons (Fsp3) is 0.500. The lowest BCUT2D eigenvalue weighted by Crippen LogP contribution is -2.31. The number of benzene rings is 1. The molecule has 0 heterocycles. The van der Waals surface area contributed by atoms with E-state index in [1.165, 1.54) is 0 Å². The van der Waals surface area contributed by atoms with E-state index in [0.717, 1.165) is 5.56 Å². The molecule has 1 aromatic rings. The van der Waals surface area contributed by atoms with Crippen LogP contribution in [0.3, 0.4) is 0 Å². The summed E-state index contributed by atoms with van der Waals surface area (Å²) in [4.78, 5) is 0. The van der Waals surface area contributed by atoms with Crippen molar-refractivity contribution in [2.75, 3.05) is 6.61 Å². The quantitative estimate of drug-likeness (QED) is 0.881. The Morgan fingerprint density at radius 2 is 1.94 bits per heavy atom. The van der Waals surface area contributed by atoms with Crippen molar-refractivity contribution in [2.45, 2.75) is 26.5 Å². The summed E-state index contributed by atoms with van der Waals surface area (Å²) in [5.74, 6) is 0.425. The monoisotopic (exact) mass is 261 g/mol. The van der Waals surface area contributed by atoms with Crippen molar-refractivity contribution in [1.29, 1.82) is 0 Å². The van der Waals surface area contributed by atoms with Crippen molar-refractivity contribution < 1.29 is 4.74 Å². The number of ether oxygens (including phenoxy) is 1. The Kier molecular flexibility index (Phi) is 5.56. The predicted molar refractivity (Wildman–Crippen MR) is 68.9 cm³/mol. The molecule has 0 aliphatic rings. The lowest BCUT2D eigenvalue weighted by atomic mass is 10.1. The molecule has 2 nitrogen and oxygen atoms in total. The highest BCUT2D eigenvalue weighted by atomic mass is 35.5. The fourth-order valence-corrected chi connectivity index (χ4v) is 1.46. The molecule has 16 heavy (non-hydrogen) atoms. The van der Waals surface area contributed by atoms with Crippen molar-refractivity contribution in [1.82, 2.24) is 0 Å². The summed E-state index contributed by atoms with van der Waals surface area (Å²) < 4.78 is 5.51. The van der Waals surface area contributed by atoms with Gasteiger partial charge in [0.15, 0.2) is 0 Å². The molecule has 1 rings (SSSR count). The van der Waals surface area contributed by atoms with Crippen LogP contribution < -0.4 is 5.73 Å². The second kappa shape index (κ2) is 6.45. The Bertz CT molecular complexity index is 342. The molecular weight excluding hydrogens is 245 g/mol. The maximum absolute atomic E-state index is 5.89. The molecule has 0 saturated heterocycles. The van der Waals surface area contributed by atoms with E-state index in [4.69, 9.17) is 33.7 Å². The van der Waals surface area contributed by atoms with Gasteiger partial charge in [-0.15, -0.1) is 0 Å². The Morgan fingerprint density at radius 1 is 1.25 bits per heavy atom. The van der Waals surface area contributed by atoms with E-state index in [0.29, 0.717) is 29.2 Å². The minimum atomic E-state index is 0.0720. The molecule has 90 valence electrons. The van der Waals surface area contributed by atoms with Crippen LogP contribution >= 0.6 is 23.2 Å². The Morgan fingerprint density at radius 3 is 2.50 bits per heavy atom. The van der Waals surface area contributed by atoms with Crippen LogP contribution in [0.15, 0.2) is 18.2 Å². The van der Waals surface area contributed by atoms with Crippen LogP contribution in [0.5, 0.6) is 0 Å². The van der Waals surface area contributed by atoms with E-state index in [1.807, 2.05) is 12.1 Å². The van der Waals surface area contributed by atoms with E-state index in [2.05, 4.69) is 13.8 Å². The van der Waals surface area contributed by atoms with Crippen LogP contribution in [0, 0.1) is 5.92 Å². The van der Waals surface area contributed by atoms with Crippen LogP contribution in [-0.2, 0) is 11.3 Å². The van der Waals surface area contributed by atoms with Crippen molar-refractivity contribution in [2.24, 2.45) is 11.7 Å². The highest BCUT2D eigenvalue weighted by Crippen LogP contribution is 2.22. The molecule has 0 aliphatic heterocycles. The van der Waals surface area contributed by atoms with Crippen molar-refractivity contribution in [3.63, 3.8) is 0 Å². The molecule has 0 spiro atoms. The fourth-order valence-electron chi connectivity index (χ4n) is 1.13. The molecule has 0 radical (unpaired) electrons. The van der Waals surface area contributed by atoms with E-state index in [-0.39, 0.29) is 6.04 Å². The van der Waals surface area contributed by atoms with E-state index in [1.54, 1.807) is 6.07 Å².